The summed E-state index contributed by atoms with van der Waals surface area (Å²) < 4.78 is 35.6. The third-order valence-electron chi connectivity index (χ3n) is 7.96. The zero-order valence-electron chi connectivity index (χ0n) is 24.8. The molecule has 44 heavy (non-hydrogen) atoms. The smallest absolute Gasteiger partial charge is 0.254 e. The lowest BCUT2D eigenvalue weighted by atomic mass is 9.86. The van der Waals surface area contributed by atoms with Gasteiger partial charge < -0.3 is 19.9 Å². The first-order valence-electron chi connectivity index (χ1n) is 14.4. The van der Waals surface area contributed by atoms with Gasteiger partial charge in [0.2, 0.25) is 6.41 Å². The number of ether oxygens (including phenoxy) is 1. The number of aromatic nitrogens is 3. The van der Waals surface area contributed by atoms with E-state index in [2.05, 4.69) is 21.4 Å². The lowest BCUT2D eigenvalue weighted by molar-refractivity contribution is -0.120. The minimum Gasteiger partial charge on any atom is -0.492 e. The highest BCUT2D eigenvalue weighted by Crippen LogP contribution is 2.33. The molecule has 5 rings (SSSR count). The highest BCUT2D eigenvalue weighted by atomic mass is 19.1. The molecule has 0 unspecified atom stereocenters. The first-order valence-corrected chi connectivity index (χ1v) is 14.4. The summed E-state index contributed by atoms with van der Waals surface area (Å²) in [7, 11) is 0. The standard InChI is InChI=1S/C32H33F2N7O3/c1-4-44-25-14-26(30-23(15-35)17-37-41(30)18-25)22-5-8-29(36-16-22)39-11-9-32(10-12-39,19-40(20-42)21(2)3)38-31(43)27-13-24(33)6-7-28(27)34/h5-8,13-14,16-18,20-21H,4,9-12,19H2,1-3H3,(H,38,43). The summed E-state index contributed by atoms with van der Waals surface area (Å²) in [5.41, 5.74) is 1.39. The van der Waals surface area contributed by atoms with Crippen LogP contribution in [0, 0.1) is 23.0 Å². The van der Waals surface area contributed by atoms with Gasteiger partial charge in [-0.2, -0.15) is 10.4 Å². The SMILES string of the molecule is CCOc1cc(-c2ccc(N3CCC(CN(C=O)C(C)C)(NC(=O)c4cc(F)ccc4F)CC3)nc2)c2c(C#N)cnn2c1. The maximum absolute atomic E-state index is 14.4. The topological polar surface area (TPSA) is 116 Å². The molecule has 2 amide bonds. The van der Waals surface area contributed by atoms with E-state index in [1.165, 1.54) is 6.20 Å². The molecule has 228 valence electrons. The normalized spacial score (nSPS) is 14.3. The zero-order valence-corrected chi connectivity index (χ0v) is 24.8. The number of nitrogens with one attached hydrogen (secondary N) is 1. The van der Waals surface area contributed by atoms with Crippen molar-refractivity contribution in [3.63, 3.8) is 0 Å². The van der Waals surface area contributed by atoms with Crippen molar-refractivity contribution in [3.8, 4) is 22.9 Å². The van der Waals surface area contributed by atoms with Crippen molar-refractivity contribution in [1.29, 1.82) is 5.26 Å². The van der Waals surface area contributed by atoms with Crippen LogP contribution in [0.2, 0.25) is 0 Å². The Morgan fingerprint density at radius 1 is 1.20 bits per heavy atom. The molecule has 0 aliphatic carbocycles. The summed E-state index contributed by atoms with van der Waals surface area (Å²) in [4.78, 5) is 33.4. The van der Waals surface area contributed by atoms with Crippen molar-refractivity contribution in [3.05, 3.63) is 77.8 Å². The van der Waals surface area contributed by atoms with E-state index >= 15 is 0 Å². The molecule has 1 aliphatic rings. The summed E-state index contributed by atoms with van der Waals surface area (Å²) >= 11 is 0. The molecule has 4 heterocycles. The molecule has 1 aliphatic heterocycles. The molecular weight excluding hydrogens is 568 g/mol. The van der Waals surface area contributed by atoms with Crippen LogP contribution >= 0.6 is 0 Å². The number of hydrogen-bond donors (Lipinski definition) is 1. The Labute approximate surface area is 253 Å². The Hall–Kier alpha value is -5.05. The summed E-state index contributed by atoms with van der Waals surface area (Å²) in [5, 5.41) is 16.9. The molecule has 3 aromatic heterocycles. The van der Waals surface area contributed by atoms with Crippen molar-refractivity contribution in [2.75, 3.05) is 31.1 Å². The number of halogens is 2. The van der Waals surface area contributed by atoms with Gasteiger partial charge in [-0.1, -0.05) is 0 Å². The van der Waals surface area contributed by atoms with Gasteiger partial charge in [0.05, 0.1) is 41.2 Å². The molecule has 1 aromatic carbocycles. The number of anilines is 1. The Kier molecular flexibility index (Phi) is 8.76. The molecule has 1 N–H and O–H groups in total. The first-order chi connectivity index (χ1) is 21.2. The zero-order chi connectivity index (χ0) is 31.4. The molecule has 0 radical (unpaired) electrons. The largest absolute Gasteiger partial charge is 0.492 e. The number of hydrogen-bond acceptors (Lipinski definition) is 7. The number of nitriles is 1. The summed E-state index contributed by atoms with van der Waals surface area (Å²) in [6.45, 7) is 7.32. The van der Waals surface area contributed by atoms with Gasteiger partial charge in [0.15, 0.2) is 0 Å². The fourth-order valence-electron chi connectivity index (χ4n) is 5.53. The van der Waals surface area contributed by atoms with Crippen LogP contribution in [0.3, 0.4) is 0 Å². The van der Waals surface area contributed by atoms with Gasteiger partial charge in [0, 0.05) is 43.0 Å². The molecule has 1 fully saturated rings. The predicted octanol–water partition coefficient (Wildman–Crippen LogP) is 4.58. The van der Waals surface area contributed by atoms with E-state index in [1.54, 1.807) is 21.8 Å². The maximum atomic E-state index is 14.4. The minimum atomic E-state index is -0.863. The van der Waals surface area contributed by atoms with E-state index in [9.17, 15) is 23.6 Å². The minimum absolute atomic E-state index is 0.121. The number of piperidine rings is 1. The lowest BCUT2D eigenvalue weighted by Crippen LogP contribution is -2.61. The Balaban J connectivity index is 1.38. The van der Waals surface area contributed by atoms with Crippen molar-refractivity contribution in [2.45, 2.75) is 45.2 Å². The molecule has 10 nitrogen and oxygen atoms in total. The Morgan fingerprint density at radius 2 is 1.98 bits per heavy atom. The van der Waals surface area contributed by atoms with Gasteiger partial charge in [0.1, 0.15) is 29.3 Å². The van der Waals surface area contributed by atoms with E-state index in [1.807, 2.05) is 39.0 Å². The molecular formula is C32H33F2N7O3. The van der Waals surface area contributed by atoms with E-state index in [0.717, 1.165) is 35.7 Å². The van der Waals surface area contributed by atoms with Crippen molar-refractivity contribution in [1.82, 2.24) is 24.8 Å². The first kappa shape index (κ1) is 30.4. The predicted molar refractivity (Wildman–Crippen MR) is 160 cm³/mol. The molecule has 0 atom stereocenters. The Morgan fingerprint density at radius 3 is 2.61 bits per heavy atom. The van der Waals surface area contributed by atoms with Gasteiger partial charge in [0.25, 0.3) is 5.91 Å². The molecule has 0 spiro atoms. The number of amides is 2. The fourth-order valence-corrected chi connectivity index (χ4v) is 5.53. The monoisotopic (exact) mass is 601 g/mol. The van der Waals surface area contributed by atoms with E-state index in [0.29, 0.717) is 55.2 Å². The van der Waals surface area contributed by atoms with E-state index in [4.69, 9.17) is 9.72 Å². The number of nitrogens with zero attached hydrogens (tertiary/aromatic N) is 6. The van der Waals surface area contributed by atoms with E-state index in [-0.39, 0.29) is 18.2 Å². The second-order valence-corrected chi connectivity index (χ2v) is 11.1. The van der Waals surface area contributed by atoms with Crippen molar-refractivity contribution >= 4 is 23.7 Å². The average molecular weight is 602 g/mol. The maximum Gasteiger partial charge on any atom is 0.254 e. The van der Waals surface area contributed by atoms with Crippen LogP contribution in [-0.4, -0.2) is 69.6 Å². The average Bonchev–Trinajstić information content (AvgIpc) is 3.44. The van der Waals surface area contributed by atoms with Crippen LogP contribution in [0.25, 0.3) is 16.6 Å². The van der Waals surface area contributed by atoms with Gasteiger partial charge in [-0.3, -0.25) is 9.59 Å². The third kappa shape index (κ3) is 6.17. The summed E-state index contributed by atoms with van der Waals surface area (Å²) in [5.74, 6) is -0.936. The Bertz CT molecular complexity index is 1710. The second-order valence-electron chi connectivity index (χ2n) is 11.1. The van der Waals surface area contributed by atoms with E-state index < -0.39 is 23.1 Å². The van der Waals surface area contributed by atoms with Gasteiger partial charge in [-0.25, -0.2) is 18.3 Å². The molecule has 1 saturated heterocycles. The van der Waals surface area contributed by atoms with Crippen LogP contribution in [0.1, 0.15) is 49.5 Å². The van der Waals surface area contributed by atoms with Crippen LogP contribution < -0.4 is 15.0 Å². The summed E-state index contributed by atoms with van der Waals surface area (Å²) in [6.07, 6.45) is 6.60. The second kappa shape index (κ2) is 12.7. The van der Waals surface area contributed by atoms with Gasteiger partial charge in [-0.05, 0) is 70.0 Å². The van der Waals surface area contributed by atoms with Crippen molar-refractivity contribution in [2.24, 2.45) is 0 Å². The number of benzene rings is 1. The number of fused-ring (bicyclic) bond motifs is 1. The lowest BCUT2D eigenvalue weighted by Gasteiger charge is -2.45. The van der Waals surface area contributed by atoms with Gasteiger partial charge in [-0.15, -0.1) is 0 Å². The molecule has 4 aromatic rings. The van der Waals surface area contributed by atoms with Crippen molar-refractivity contribution < 1.29 is 23.1 Å². The van der Waals surface area contributed by atoms with Crippen LogP contribution in [-0.2, 0) is 4.79 Å². The van der Waals surface area contributed by atoms with Crippen LogP contribution in [0.15, 0.2) is 55.0 Å². The van der Waals surface area contributed by atoms with Crippen LogP contribution in [0.5, 0.6) is 5.75 Å². The number of carbonyl (C=O) groups excluding carboxylic acids is 2. The van der Waals surface area contributed by atoms with Gasteiger partial charge >= 0.3 is 0 Å². The number of rotatable bonds is 10. The number of carbonyl (C=O) groups is 2. The summed E-state index contributed by atoms with van der Waals surface area (Å²) in [6, 6.07) is 10.5. The highest BCUT2D eigenvalue weighted by molar-refractivity contribution is 5.95. The quantitative estimate of drug-likeness (QED) is 0.265. The highest BCUT2D eigenvalue weighted by Gasteiger charge is 2.39. The number of pyridine rings is 2. The van der Waals surface area contributed by atoms with Crippen LogP contribution in [0.4, 0.5) is 14.6 Å². The third-order valence-corrected chi connectivity index (χ3v) is 7.96. The molecule has 0 saturated carbocycles. The fraction of sp³-hybridized carbons (Fsp3) is 0.344. The molecule has 12 heteroatoms. The molecule has 0 bridgehead atoms.